The van der Waals surface area contributed by atoms with Gasteiger partial charge in [0.25, 0.3) is 0 Å². The van der Waals surface area contributed by atoms with Gasteiger partial charge in [0.2, 0.25) is 0 Å². The average molecular weight is 230 g/mol. The lowest BCUT2D eigenvalue weighted by Gasteiger charge is -1.98. The summed E-state index contributed by atoms with van der Waals surface area (Å²) in [5.41, 5.74) is 0.561. The standard InChI is InChI=1S/C8H8BrNO2/c1-12-5-8(11)6-2-7(9)4-10-3-6/h2-4H,5H2,1H3. The van der Waals surface area contributed by atoms with E-state index in [1.54, 1.807) is 12.3 Å². The van der Waals surface area contributed by atoms with E-state index in [9.17, 15) is 4.79 Å². The molecule has 3 nitrogen and oxygen atoms in total. The second kappa shape index (κ2) is 4.33. The number of ether oxygens (including phenoxy) is 1. The van der Waals surface area contributed by atoms with Crippen molar-refractivity contribution in [3.63, 3.8) is 0 Å². The first-order chi connectivity index (χ1) is 5.74. The van der Waals surface area contributed by atoms with E-state index in [0.717, 1.165) is 4.47 Å². The maximum Gasteiger partial charge on any atom is 0.190 e. The summed E-state index contributed by atoms with van der Waals surface area (Å²) in [7, 11) is 1.49. The minimum Gasteiger partial charge on any atom is -0.377 e. The van der Waals surface area contributed by atoms with Gasteiger partial charge in [0, 0.05) is 29.5 Å². The van der Waals surface area contributed by atoms with E-state index < -0.39 is 0 Å². The van der Waals surface area contributed by atoms with E-state index >= 15 is 0 Å². The maximum absolute atomic E-state index is 11.2. The number of methoxy groups -OCH3 is 1. The number of carbonyl (C=O) groups is 1. The largest absolute Gasteiger partial charge is 0.377 e. The number of ketones is 1. The fourth-order valence-electron chi connectivity index (χ4n) is 0.779. The van der Waals surface area contributed by atoms with E-state index in [2.05, 4.69) is 20.9 Å². The second-order valence-electron chi connectivity index (χ2n) is 2.25. The summed E-state index contributed by atoms with van der Waals surface area (Å²) in [6, 6.07) is 1.72. The number of halogens is 1. The second-order valence-corrected chi connectivity index (χ2v) is 3.16. The third-order valence-electron chi connectivity index (χ3n) is 1.30. The number of pyridine rings is 1. The van der Waals surface area contributed by atoms with Gasteiger partial charge in [0.15, 0.2) is 5.78 Å². The van der Waals surface area contributed by atoms with Gasteiger partial charge in [-0.2, -0.15) is 0 Å². The molecule has 1 aromatic heterocycles. The first-order valence-corrected chi connectivity index (χ1v) is 4.16. The van der Waals surface area contributed by atoms with Crippen LogP contribution in [0.4, 0.5) is 0 Å². The Kier molecular flexibility index (Phi) is 3.37. The predicted molar refractivity (Wildman–Crippen MR) is 48.1 cm³/mol. The molecule has 1 aromatic rings. The van der Waals surface area contributed by atoms with Crippen molar-refractivity contribution >= 4 is 21.7 Å². The summed E-state index contributed by atoms with van der Waals surface area (Å²) in [4.78, 5) is 15.1. The molecule has 0 unspecified atom stereocenters. The van der Waals surface area contributed by atoms with Crippen molar-refractivity contribution in [2.45, 2.75) is 0 Å². The van der Waals surface area contributed by atoms with Gasteiger partial charge in [-0.3, -0.25) is 9.78 Å². The van der Waals surface area contributed by atoms with Gasteiger partial charge in [-0.25, -0.2) is 0 Å². The molecule has 0 aliphatic carbocycles. The Bertz CT molecular complexity index is 288. The van der Waals surface area contributed by atoms with Crippen LogP contribution in [0.1, 0.15) is 10.4 Å². The number of hydrogen-bond donors (Lipinski definition) is 0. The van der Waals surface area contributed by atoms with Crippen LogP contribution in [0, 0.1) is 0 Å². The summed E-state index contributed by atoms with van der Waals surface area (Å²) >= 11 is 3.23. The Hall–Kier alpha value is -0.740. The summed E-state index contributed by atoms with van der Waals surface area (Å²) < 4.78 is 5.50. The van der Waals surface area contributed by atoms with Crippen molar-refractivity contribution in [2.24, 2.45) is 0 Å². The minimum atomic E-state index is -0.0636. The smallest absolute Gasteiger partial charge is 0.190 e. The van der Waals surface area contributed by atoms with Crippen molar-refractivity contribution in [2.75, 3.05) is 13.7 Å². The molecule has 0 aliphatic heterocycles. The molecule has 0 aliphatic rings. The van der Waals surface area contributed by atoms with Gasteiger partial charge < -0.3 is 4.74 Å². The molecular formula is C8H8BrNO2. The van der Waals surface area contributed by atoms with Crippen molar-refractivity contribution < 1.29 is 9.53 Å². The number of nitrogens with zero attached hydrogens (tertiary/aromatic N) is 1. The lowest BCUT2D eigenvalue weighted by molar-refractivity contribution is 0.0847. The number of carbonyl (C=O) groups excluding carboxylic acids is 1. The molecule has 0 atom stereocenters. The Morgan fingerprint density at radius 2 is 2.42 bits per heavy atom. The highest BCUT2D eigenvalue weighted by atomic mass is 79.9. The fourth-order valence-corrected chi connectivity index (χ4v) is 1.14. The topological polar surface area (TPSA) is 39.2 Å². The zero-order chi connectivity index (χ0) is 8.97. The monoisotopic (exact) mass is 229 g/mol. The zero-order valence-corrected chi connectivity index (χ0v) is 8.17. The normalized spacial score (nSPS) is 9.83. The highest BCUT2D eigenvalue weighted by molar-refractivity contribution is 9.10. The van der Waals surface area contributed by atoms with Gasteiger partial charge in [0.1, 0.15) is 6.61 Å². The van der Waals surface area contributed by atoms with Gasteiger partial charge in [0.05, 0.1) is 0 Å². The molecule has 1 heterocycles. The average Bonchev–Trinajstić information content (AvgIpc) is 2.05. The first-order valence-electron chi connectivity index (χ1n) is 3.36. The molecular weight excluding hydrogens is 222 g/mol. The van der Waals surface area contributed by atoms with E-state index in [1.165, 1.54) is 13.3 Å². The molecule has 0 fully saturated rings. The Labute approximate surface area is 78.9 Å². The fraction of sp³-hybridized carbons (Fsp3) is 0.250. The minimum absolute atomic E-state index is 0.0636. The molecule has 0 bridgehead atoms. The van der Waals surface area contributed by atoms with Crippen LogP contribution in [-0.4, -0.2) is 24.5 Å². The van der Waals surface area contributed by atoms with Crippen molar-refractivity contribution in [1.29, 1.82) is 0 Å². The molecule has 0 saturated carbocycles. The predicted octanol–water partition coefficient (Wildman–Crippen LogP) is 1.67. The summed E-state index contributed by atoms with van der Waals surface area (Å²) in [5.74, 6) is -0.0636. The summed E-state index contributed by atoms with van der Waals surface area (Å²) in [6.45, 7) is 0.0954. The van der Waals surface area contributed by atoms with Crippen LogP contribution < -0.4 is 0 Å². The molecule has 0 spiro atoms. The third kappa shape index (κ3) is 2.39. The molecule has 0 N–H and O–H groups in total. The number of rotatable bonds is 3. The van der Waals surface area contributed by atoms with Gasteiger partial charge in [-0.1, -0.05) is 0 Å². The third-order valence-corrected chi connectivity index (χ3v) is 1.74. The van der Waals surface area contributed by atoms with Crippen LogP contribution >= 0.6 is 15.9 Å². The van der Waals surface area contributed by atoms with Gasteiger partial charge >= 0.3 is 0 Å². The Balaban J connectivity index is 2.81. The molecule has 0 radical (unpaired) electrons. The van der Waals surface area contributed by atoms with Crippen molar-refractivity contribution in [1.82, 2.24) is 4.98 Å². The van der Waals surface area contributed by atoms with Crippen LogP contribution in [0.2, 0.25) is 0 Å². The van der Waals surface area contributed by atoms with E-state index in [0.29, 0.717) is 5.56 Å². The number of Topliss-reactive ketones (excluding diaryl/α,β-unsaturated/α-hetero) is 1. The SMILES string of the molecule is COCC(=O)c1cncc(Br)c1. The Morgan fingerprint density at radius 3 is 3.00 bits per heavy atom. The molecule has 64 valence electrons. The van der Waals surface area contributed by atoms with Crippen LogP contribution in [0.5, 0.6) is 0 Å². The van der Waals surface area contributed by atoms with Gasteiger partial charge in [-0.15, -0.1) is 0 Å². The van der Waals surface area contributed by atoms with Crippen molar-refractivity contribution in [3.05, 3.63) is 28.5 Å². The van der Waals surface area contributed by atoms with Crippen LogP contribution in [-0.2, 0) is 4.74 Å². The highest BCUT2D eigenvalue weighted by Gasteiger charge is 2.04. The van der Waals surface area contributed by atoms with E-state index in [1.807, 2.05) is 0 Å². The quantitative estimate of drug-likeness (QED) is 0.741. The van der Waals surface area contributed by atoms with E-state index in [4.69, 9.17) is 4.74 Å². The van der Waals surface area contributed by atoms with Crippen LogP contribution in [0.15, 0.2) is 22.9 Å². The molecule has 0 aromatic carbocycles. The van der Waals surface area contributed by atoms with E-state index in [-0.39, 0.29) is 12.4 Å². The molecule has 0 saturated heterocycles. The van der Waals surface area contributed by atoms with Gasteiger partial charge in [-0.05, 0) is 22.0 Å². The van der Waals surface area contributed by atoms with Crippen LogP contribution in [0.25, 0.3) is 0 Å². The molecule has 1 rings (SSSR count). The Morgan fingerprint density at radius 1 is 1.67 bits per heavy atom. The lowest BCUT2D eigenvalue weighted by Crippen LogP contribution is -2.07. The van der Waals surface area contributed by atoms with Crippen LogP contribution in [0.3, 0.4) is 0 Å². The molecule has 4 heteroatoms. The summed E-state index contributed by atoms with van der Waals surface area (Å²) in [6.07, 6.45) is 3.15. The molecule has 0 amide bonds. The van der Waals surface area contributed by atoms with Crippen molar-refractivity contribution in [3.8, 4) is 0 Å². The molecule has 12 heavy (non-hydrogen) atoms. The highest BCUT2D eigenvalue weighted by Crippen LogP contribution is 2.09. The number of aromatic nitrogens is 1. The zero-order valence-electron chi connectivity index (χ0n) is 6.58. The number of hydrogen-bond acceptors (Lipinski definition) is 3. The first kappa shape index (κ1) is 9.35. The summed E-state index contributed by atoms with van der Waals surface area (Å²) in [5, 5.41) is 0. The maximum atomic E-state index is 11.2. The lowest BCUT2D eigenvalue weighted by atomic mass is 10.2.